The molecular formula is C16H19ClN2O3. The molecule has 6 heteroatoms. The zero-order valence-electron chi connectivity index (χ0n) is 12.2. The summed E-state index contributed by atoms with van der Waals surface area (Å²) in [5, 5.41) is 6.54. The van der Waals surface area contributed by atoms with Gasteiger partial charge in [-0.25, -0.2) is 0 Å². The molecule has 1 aromatic rings. The van der Waals surface area contributed by atoms with E-state index >= 15 is 0 Å². The molecule has 0 radical (unpaired) electrons. The van der Waals surface area contributed by atoms with E-state index in [1.807, 2.05) is 24.3 Å². The van der Waals surface area contributed by atoms with Crippen molar-refractivity contribution in [1.82, 2.24) is 10.6 Å². The highest BCUT2D eigenvalue weighted by Gasteiger charge is 2.38. The molecule has 2 aliphatic rings. The van der Waals surface area contributed by atoms with Crippen LogP contribution in [0.3, 0.4) is 0 Å². The van der Waals surface area contributed by atoms with Gasteiger partial charge in [-0.05, 0) is 37.0 Å². The number of nitrogens with one attached hydrogen (secondary N) is 2. The predicted octanol–water partition coefficient (Wildman–Crippen LogP) is 1.74. The van der Waals surface area contributed by atoms with Gasteiger partial charge in [0.1, 0.15) is 6.04 Å². The van der Waals surface area contributed by atoms with Gasteiger partial charge in [0.15, 0.2) is 0 Å². The van der Waals surface area contributed by atoms with Crippen LogP contribution >= 0.6 is 11.6 Å². The molecule has 2 N–H and O–H groups in total. The van der Waals surface area contributed by atoms with Gasteiger partial charge in [0.25, 0.3) is 0 Å². The summed E-state index contributed by atoms with van der Waals surface area (Å²) in [6.07, 6.45) is 2.38. The molecule has 2 amide bonds. The van der Waals surface area contributed by atoms with Crippen molar-refractivity contribution >= 4 is 23.4 Å². The lowest BCUT2D eigenvalue weighted by Crippen LogP contribution is -2.54. The van der Waals surface area contributed by atoms with Crippen molar-refractivity contribution in [3.05, 3.63) is 34.9 Å². The number of hydrogen-bond acceptors (Lipinski definition) is 3. The Morgan fingerprint density at radius 1 is 1.27 bits per heavy atom. The smallest absolute Gasteiger partial charge is 0.243 e. The van der Waals surface area contributed by atoms with E-state index in [1.165, 1.54) is 0 Å². The second-order valence-corrected chi connectivity index (χ2v) is 6.29. The van der Waals surface area contributed by atoms with E-state index in [2.05, 4.69) is 10.6 Å². The second-order valence-electron chi connectivity index (χ2n) is 5.85. The highest BCUT2D eigenvalue weighted by molar-refractivity contribution is 6.30. The monoisotopic (exact) mass is 322 g/mol. The molecule has 3 rings (SSSR count). The molecule has 0 bridgehead atoms. The highest BCUT2D eigenvalue weighted by Crippen LogP contribution is 2.33. The number of carbonyl (C=O) groups is 2. The Kier molecular flexibility index (Phi) is 4.36. The van der Waals surface area contributed by atoms with Crippen LogP contribution in [0.1, 0.15) is 31.2 Å². The van der Waals surface area contributed by atoms with Crippen LogP contribution in [0, 0.1) is 0 Å². The van der Waals surface area contributed by atoms with E-state index in [0.717, 1.165) is 5.56 Å². The lowest BCUT2D eigenvalue weighted by molar-refractivity contribution is -0.128. The fourth-order valence-corrected chi connectivity index (χ4v) is 3.23. The van der Waals surface area contributed by atoms with Gasteiger partial charge in [-0.2, -0.15) is 0 Å². The Bertz CT molecular complexity index is 567. The maximum Gasteiger partial charge on any atom is 0.243 e. The number of rotatable bonds is 3. The molecular weight excluding hydrogens is 304 g/mol. The third kappa shape index (κ3) is 3.10. The van der Waals surface area contributed by atoms with Gasteiger partial charge in [0, 0.05) is 24.7 Å². The first-order valence-corrected chi connectivity index (χ1v) is 7.92. The van der Waals surface area contributed by atoms with E-state index in [4.69, 9.17) is 16.3 Å². The van der Waals surface area contributed by atoms with Gasteiger partial charge in [-0.1, -0.05) is 23.7 Å². The van der Waals surface area contributed by atoms with Crippen molar-refractivity contribution in [1.29, 1.82) is 0 Å². The van der Waals surface area contributed by atoms with Crippen LogP contribution in [0.4, 0.5) is 0 Å². The number of benzene rings is 1. The van der Waals surface area contributed by atoms with Crippen molar-refractivity contribution < 1.29 is 14.3 Å². The average Bonchev–Trinajstić information content (AvgIpc) is 2.95. The van der Waals surface area contributed by atoms with Crippen LogP contribution < -0.4 is 10.6 Å². The molecule has 2 heterocycles. The fraction of sp³-hybridized carbons (Fsp3) is 0.500. The van der Waals surface area contributed by atoms with Gasteiger partial charge < -0.3 is 15.4 Å². The Morgan fingerprint density at radius 3 is 2.55 bits per heavy atom. The third-order valence-electron chi connectivity index (χ3n) is 4.42. The zero-order chi connectivity index (χ0) is 15.6. The SMILES string of the molecule is O=C1CC[C@H](C(=O)NC2(c3ccc(Cl)cc3)CCOCC2)N1. The average molecular weight is 323 g/mol. The second kappa shape index (κ2) is 6.26. The van der Waals surface area contributed by atoms with Gasteiger partial charge >= 0.3 is 0 Å². The minimum absolute atomic E-state index is 0.0623. The normalized spacial score (nSPS) is 23.9. The maximum atomic E-state index is 12.5. The third-order valence-corrected chi connectivity index (χ3v) is 4.67. The van der Waals surface area contributed by atoms with Crippen LogP contribution in [-0.4, -0.2) is 31.1 Å². The molecule has 0 aromatic heterocycles. The molecule has 5 nitrogen and oxygen atoms in total. The van der Waals surface area contributed by atoms with Gasteiger partial charge in [0.2, 0.25) is 11.8 Å². The molecule has 2 fully saturated rings. The van der Waals surface area contributed by atoms with Crippen LogP contribution in [0.2, 0.25) is 5.02 Å². The van der Waals surface area contributed by atoms with Crippen molar-refractivity contribution in [2.24, 2.45) is 0 Å². The van der Waals surface area contributed by atoms with Crippen LogP contribution in [0.25, 0.3) is 0 Å². The van der Waals surface area contributed by atoms with Gasteiger partial charge in [-0.15, -0.1) is 0 Å². The molecule has 22 heavy (non-hydrogen) atoms. The van der Waals surface area contributed by atoms with Crippen molar-refractivity contribution in [3.63, 3.8) is 0 Å². The lowest BCUT2D eigenvalue weighted by Gasteiger charge is -2.39. The Morgan fingerprint density at radius 2 is 1.95 bits per heavy atom. The summed E-state index contributed by atoms with van der Waals surface area (Å²) in [7, 11) is 0. The van der Waals surface area contributed by atoms with Crippen LogP contribution in [0.5, 0.6) is 0 Å². The van der Waals surface area contributed by atoms with Crippen molar-refractivity contribution in [3.8, 4) is 0 Å². The first kappa shape index (κ1) is 15.3. The summed E-state index contributed by atoms with van der Waals surface area (Å²) >= 11 is 5.96. The summed E-state index contributed by atoms with van der Waals surface area (Å²) in [5.41, 5.74) is 0.575. The molecule has 0 unspecified atom stereocenters. The van der Waals surface area contributed by atoms with E-state index < -0.39 is 11.6 Å². The van der Waals surface area contributed by atoms with E-state index in [9.17, 15) is 9.59 Å². The molecule has 2 saturated heterocycles. The summed E-state index contributed by atoms with van der Waals surface area (Å²) in [6.45, 7) is 1.19. The lowest BCUT2D eigenvalue weighted by atomic mass is 9.82. The van der Waals surface area contributed by atoms with Crippen molar-refractivity contribution in [2.75, 3.05) is 13.2 Å². The highest BCUT2D eigenvalue weighted by atomic mass is 35.5. The summed E-state index contributed by atoms with van der Waals surface area (Å²) in [4.78, 5) is 23.8. The van der Waals surface area contributed by atoms with Gasteiger partial charge in [0.05, 0.1) is 5.54 Å². The zero-order valence-corrected chi connectivity index (χ0v) is 13.0. The minimum Gasteiger partial charge on any atom is -0.381 e. The van der Waals surface area contributed by atoms with Crippen molar-refractivity contribution in [2.45, 2.75) is 37.3 Å². The Hall–Kier alpha value is -1.59. The topological polar surface area (TPSA) is 67.4 Å². The molecule has 1 aromatic carbocycles. The minimum atomic E-state index is -0.451. The number of hydrogen-bond donors (Lipinski definition) is 2. The Balaban J connectivity index is 1.81. The van der Waals surface area contributed by atoms with Gasteiger partial charge in [-0.3, -0.25) is 9.59 Å². The first-order valence-electron chi connectivity index (χ1n) is 7.54. The molecule has 0 aliphatic carbocycles. The summed E-state index contributed by atoms with van der Waals surface area (Å²) < 4.78 is 5.45. The summed E-state index contributed by atoms with van der Waals surface area (Å²) in [5.74, 6) is -0.185. The Labute approximate surface area is 134 Å². The molecule has 118 valence electrons. The number of carbonyl (C=O) groups excluding carboxylic acids is 2. The van der Waals surface area contributed by atoms with E-state index in [0.29, 0.717) is 43.9 Å². The molecule has 0 saturated carbocycles. The largest absolute Gasteiger partial charge is 0.381 e. The molecule has 2 aliphatic heterocycles. The predicted molar refractivity (Wildman–Crippen MR) is 82.5 cm³/mol. The number of ether oxygens (including phenoxy) is 1. The standard InChI is InChI=1S/C16H19ClN2O3/c17-12-3-1-11(2-4-12)16(7-9-22-10-8-16)19-15(21)13-5-6-14(20)18-13/h1-4,13H,5-10H2,(H,18,20)(H,19,21)/t13-/m1/s1. The molecule has 0 spiro atoms. The quantitative estimate of drug-likeness (QED) is 0.890. The van der Waals surface area contributed by atoms with Crippen LogP contribution in [-0.2, 0) is 19.9 Å². The fourth-order valence-electron chi connectivity index (χ4n) is 3.11. The maximum absolute atomic E-state index is 12.5. The van der Waals surface area contributed by atoms with E-state index in [-0.39, 0.29) is 11.8 Å². The molecule has 1 atom stereocenters. The first-order chi connectivity index (χ1) is 10.6. The number of halogens is 1. The number of amides is 2. The van der Waals surface area contributed by atoms with E-state index in [1.54, 1.807) is 0 Å². The van der Waals surface area contributed by atoms with Crippen LogP contribution in [0.15, 0.2) is 24.3 Å². The summed E-state index contributed by atoms with van der Waals surface area (Å²) in [6, 6.07) is 7.12.